The van der Waals surface area contributed by atoms with Gasteiger partial charge in [0.05, 0.1) is 39.9 Å². The van der Waals surface area contributed by atoms with E-state index >= 15 is 0 Å². The lowest BCUT2D eigenvalue weighted by Crippen LogP contribution is -2.20. The number of anilines is 6. The molecule has 292 valence electrons. The molecule has 25 heteroatoms. The lowest BCUT2D eigenvalue weighted by atomic mass is 10.1. The van der Waals surface area contributed by atoms with Crippen LogP contribution in [0.15, 0.2) is 86.7 Å². The van der Waals surface area contributed by atoms with Crippen LogP contribution in [0.2, 0.25) is 0 Å². The maximum Gasteiger partial charge on any atom is 0.315 e. The summed E-state index contributed by atoms with van der Waals surface area (Å²) in [6.45, 7) is 4.36. The number of phenols is 1. The van der Waals surface area contributed by atoms with Gasteiger partial charge >= 0.3 is 10.1 Å². The molecule has 55 heavy (non-hydrogen) atoms. The van der Waals surface area contributed by atoms with Crippen molar-refractivity contribution in [3.8, 4) is 5.75 Å². The highest BCUT2D eigenvalue weighted by Crippen LogP contribution is 2.46. The van der Waals surface area contributed by atoms with Gasteiger partial charge in [-0.05, 0) is 67.8 Å². The van der Waals surface area contributed by atoms with Gasteiger partial charge < -0.3 is 15.7 Å². The minimum atomic E-state index is -4.77. The van der Waals surface area contributed by atoms with Crippen LogP contribution >= 0.6 is 0 Å². The average molecular weight is 837 g/mol. The monoisotopic (exact) mass is 836 g/mol. The van der Waals surface area contributed by atoms with Crippen molar-refractivity contribution < 1.29 is 47.9 Å². The van der Waals surface area contributed by atoms with Gasteiger partial charge in [-0.3, -0.25) is 22.7 Å². The number of aromatic hydroxyl groups is 1. The molecule has 0 saturated carbocycles. The van der Waals surface area contributed by atoms with Gasteiger partial charge in [-0.1, -0.05) is 25.1 Å². The van der Waals surface area contributed by atoms with Gasteiger partial charge in [0.15, 0.2) is 5.75 Å². The van der Waals surface area contributed by atoms with Crippen LogP contribution in [-0.2, 0) is 51.2 Å². The first-order valence-corrected chi connectivity index (χ1v) is 20.6. The van der Waals surface area contributed by atoms with E-state index in [0.29, 0.717) is 5.69 Å². The first kappa shape index (κ1) is 40.9. The molecule has 1 heterocycles. The number of hydrogen-bond donors (Lipinski definition) is 8. The number of azo groups is 1. The molecule has 0 saturated heterocycles. The smallest absolute Gasteiger partial charge is 0.315 e. The molecule has 0 aliphatic carbocycles. The van der Waals surface area contributed by atoms with E-state index in [0.717, 1.165) is 18.2 Å². The average Bonchev–Trinajstić information content (AvgIpc) is 3.10. The number of hydroxylamine groups is 1. The maximum absolute atomic E-state index is 13.5. The van der Waals surface area contributed by atoms with Crippen molar-refractivity contribution in [1.29, 1.82) is 0 Å². The number of nitrogens with one attached hydrogen (secondary N) is 5. The SMILES string of the molecule is CCNOS(=O)(=O)c1cc2cc(S(=O)(=O)OCC)cc(Nc3nc(C)nc(Nc4ccccc4NS(=O)O)n3)c2c(O)c1N=Nc1cccc(NS(=O)O)c1. The Morgan fingerprint density at radius 2 is 1.45 bits per heavy atom. The second-order valence-corrected chi connectivity index (χ2v) is 15.4. The number of fused-ring (bicyclic) bond motifs is 1. The predicted molar refractivity (Wildman–Crippen MR) is 203 cm³/mol. The van der Waals surface area contributed by atoms with Crippen LogP contribution in [0, 0.1) is 6.92 Å². The number of hydrogen-bond acceptors (Lipinski definition) is 17. The Hall–Kier alpha value is -5.25. The molecule has 21 nitrogen and oxygen atoms in total. The quantitative estimate of drug-likeness (QED) is 0.0265. The van der Waals surface area contributed by atoms with E-state index in [9.17, 15) is 39.5 Å². The molecule has 0 aliphatic rings. The van der Waals surface area contributed by atoms with E-state index in [2.05, 4.69) is 50.7 Å². The van der Waals surface area contributed by atoms with Crippen molar-refractivity contribution in [2.75, 3.05) is 33.2 Å². The van der Waals surface area contributed by atoms with Crippen molar-refractivity contribution in [3.05, 3.63) is 72.6 Å². The Balaban J connectivity index is 1.72. The van der Waals surface area contributed by atoms with Crippen molar-refractivity contribution in [3.63, 3.8) is 0 Å². The van der Waals surface area contributed by atoms with E-state index < -0.39 is 64.0 Å². The van der Waals surface area contributed by atoms with Crippen LogP contribution in [0.3, 0.4) is 0 Å². The minimum absolute atomic E-state index is 0.0511. The molecule has 8 N–H and O–H groups in total. The van der Waals surface area contributed by atoms with Crippen molar-refractivity contribution >= 4 is 99.6 Å². The summed E-state index contributed by atoms with van der Waals surface area (Å²) in [5, 5.41) is 25.4. The molecule has 5 rings (SSSR count). The third-order valence-electron chi connectivity index (χ3n) is 6.95. The number of aryl methyl sites for hydroxylation is 1. The van der Waals surface area contributed by atoms with Gasteiger partial charge in [0.2, 0.25) is 11.9 Å². The van der Waals surface area contributed by atoms with Crippen LogP contribution in [0.4, 0.5) is 46.0 Å². The second-order valence-electron chi connectivity index (χ2n) is 10.8. The molecule has 2 unspecified atom stereocenters. The standard InChI is InChI=1S/C30H32N10O11S4/c1-4-31-51-55(48,49)25-14-18-13-21(54(46,47)50-5-2)16-24(26(18)28(41)27(25)38-37-19-9-8-10-20(15-19)39-52(42)43)35-30-33-17(3)32-29(36-30)34-22-11-6-7-12-23(22)40-53(44)45/h6-16,31,39-41H,4-5H2,1-3H3,(H,42,43)(H,44,45)(H2,32,33,34,35,36). The molecular weight excluding hydrogens is 805 g/mol. The molecule has 0 bridgehead atoms. The lowest BCUT2D eigenvalue weighted by Gasteiger charge is -2.17. The largest absolute Gasteiger partial charge is 0.505 e. The Kier molecular flexibility index (Phi) is 13.0. The van der Waals surface area contributed by atoms with Crippen molar-refractivity contribution in [2.45, 2.75) is 30.6 Å². The predicted octanol–water partition coefficient (Wildman–Crippen LogP) is 4.99. The summed E-state index contributed by atoms with van der Waals surface area (Å²) in [6, 6.07) is 15.3. The number of phenolic OH excluding ortho intramolecular Hbond substituents is 1. The topological polar surface area (TPSA) is 305 Å². The number of benzene rings is 4. The molecule has 0 aliphatic heterocycles. The summed E-state index contributed by atoms with van der Waals surface area (Å²) < 4.78 is 109. The zero-order valence-corrected chi connectivity index (χ0v) is 32.0. The van der Waals surface area contributed by atoms with Crippen LogP contribution in [0.25, 0.3) is 10.8 Å². The summed E-state index contributed by atoms with van der Waals surface area (Å²) in [4.78, 5) is 11.7. The highest BCUT2D eigenvalue weighted by atomic mass is 32.2. The van der Waals surface area contributed by atoms with Crippen molar-refractivity contribution in [1.82, 2.24) is 20.4 Å². The normalized spacial score (nSPS) is 13.1. The van der Waals surface area contributed by atoms with E-state index in [-0.39, 0.29) is 64.4 Å². The molecule has 0 spiro atoms. The minimum Gasteiger partial charge on any atom is -0.505 e. The fourth-order valence-corrected chi connectivity index (χ4v) is 7.53. The first-order chi connectivity index (χ1) is 26.1. The molecule has 2 atom stereocenters. The zero-order chi connectivity index (χ0) is 39.9. The number of nitrogens with zero attached hydrogens (tertiary/aromatic N) is 5. The van der Waals surface area contributed by atoms with E-state index in [1.54, 1.807) is 25.1 Å². The fourth-order valence-electron chi connectivity index (χ4n) is 4.84. The third-order valence-corrected chi connectivity index (χ3v) is 10.3. The third kappa shape index (κ3) is 10.3. The molecule has 4 aromatic carbocycles. The van der Waals surface area contributed by atoms with Gasteiger partial charge in [0.1, 0.15) is 16.4 Å². The Bertz CT molecular complexity index is 2540. The first-order valence-electron chi connectivity index (χ1n) is 15.6. The van der Waals surface area contributed by atoms with Gasteiger partial charge in [-0.15, -0.1) is 5.11 Å². The summed E-state index contributed by atoms with van der Waals surface area (Å²) in [5.41, 5.74) is 2.23. The maximum atomic E-state index is 13.5. The van der Waals surface area contributed by atoms with E-state index in [1.807, 2.05) is 0 Å². The number of rotatable bonds is 17. The molecule has 0 amide bonds. The zero-order valence-electron chi connectivity index (χ0n) is 28.7. The van der Waals surface area contributed by atoms with E-state index in [4.69, 9.17) is 8.47 Å². The van der Waals surface area contributed by atoms with Gasteiger partial charge in [0, 0.05) is 11.9 Å². The van der Waals surface area contributed by atoms with E-state index in [1.165, 1.54) is 44.2 Å². The molecule has 0 radical (unpaired) electrons. The molecular formula is C30H32N10O11S4. The Morgan fingerprint density at radius 1 is 0.782 bits per heavy atom. The summed E-state index contributed by atoms with van der Waals surface area (Å²) in [5.74, 6) is -0.869. The fraction of sp³-hybridized carbons (Fsp3) is 0.167. The highest BCUT2D eigenvalue weighted by Gasteiger charge is 2.28. The van der Waals surface area contributed by atoms with Gasteiger partial charge in [-0.25, -0.2) is 8.42 Å². The molecule has 5 aromatic rings. The van der Waals surface area contributed by atoms with Crippen molar-refractivity contribution in [2.24, 2.45) is 10.2 Å². The summed E-state index contributed by atoms with van der Waals surface area (Å²) in [7, 11) is -9.22. The molecule has 1 aromatic heterocycles. The summed E-state index contributed by atoms with van der Waals surface area (Å²) in [6.07, 6.45) is 0. The lowest BCUT2D eigenvalue weighted by molar-refractivity contribution is 0.210. The Labute approximate surface area is 319 Å². The van der Waals surface area contributed by atoms with Crippen LogP contribution in [0.5, 0.6) is 5.75 Å². The summed E-state index contributed by atoms with van der Waals surface area (Å²) >= 11 is -4.81. The second kappa shape index (κ2) is 17.5. The van der Waals surface area contributed by atoms with Gasteiger partial charge in [-0.2, -0.15) is 46.7 Å². The van der Waals surface area contributed by atoms with Gasteiger partial charge in [0.25, 0.3) is 32.7 Å². The Morgan fingerprint density at radius 3 is 2.11 bits per heavy atom. The number of aromatic nitrogens is 3. The van der Waals surface area contributed by atoms with Crippen LogP contribution in [-0.4, -0.2) is 67.6 Å². The van der Waals surface area contributed by atoms with Crippen LogP contribution in [0.1, 0.15) is 19.7 Å². The number of para-hydroxylation sites is 2. The molecule has 0 fully saturated rings. The highest BCUT2D eigenvalue weighted by molar-refractivity contribution is 7.87. The van der Waals surface area contributed by atoms with Crippen LogP contribution < -0.4 is 25.6 Å².